The fourth-order valence-electron chi connectivity index (χ4n) is 8.73. The standard InChI is InChI=1S/C49H27N/c50-28-29-23-34(27-35(24-29)37-20-22-47-41-10-4-2-8-39(41)45-14-6-12-43(37)49(45)47)32-16-15-31-26-33(18-17-30(31)25-32)36-19-21-46-40-9-3-1-7-38(40)44-13-5-11-42(36)48(44)46/h1-27H. The second-order valence-corrected chi connectivity index (χ2v) is 13.6. The molecule has 0 unspecified atom stereocenters. The summed E-state index contributed by atoms with van der Waals surface area (Å²) in [5.74, 6) is 0. The number of hydrogen-bond donors (Lipinski definition) is 0. The zero-order valence-electron chi connectivity index (χ0n) is 27.0. The molecule has 0 N–H and O–H groups in total. The topological polar surface area (TPSA) is 23.8 Å². The quantitative estimate of drug-likeness (QED) is 0.191. The molecule has 2 aliphatic rings. The highest BCUT2D eigenvalue weighted by Gasteiger charge is 2.24. The van der Waals surface area contributed by atoms with E-state index in [0.717, 1.165) is 22.3 Å². The van der Waals surface area contributed by atoms with Gasteiger partial charge in [-0.25, -0.2) is 0 Å². The van der Waals surface area contributed by atoms with Crippen LogP contribution in [0.5, 0.6) is 0 Å². The molecule has 0 aromatic heterocycles. The van der Waals surface area contributed by atoms with Gasteiger partial charge in [0.2, 0.25) is 0 Å². The van der Waals surface area contributed by atoms with E-state index in [-0.39, 0.29) is 0 Å². The van der Waals surface area contributed by atoms with Crippen molar-refractivity contribution in [1.29, 1.82) is 5.26 Å². The minimum absolute atomic E-state index is 0.661. The molecule has 0 heterocycles. The summed E-state index contributed by atoms with van der Waals surface area (Å²) in [7, 11) is 0. The SMILES string of the molecule is N#Cc1cc(-c2ccc3cc(-c4ccc5c6c(cccc46)-c4ccccc4-5)ccc3c2)cc(-c2ccc3c4c(cccc24)-c2ccccc2-3)c1. The number of benzene rings is 9. The van der Waals surface area contributed by atoms with Crippen molar-refractivity contribution in [2.24, 2.45) is 0 Å². The Morgan fingerprint density at radius 2 is 0.740 bits per heavy atom. The van der Waals surface area contributed by atoms with E-state index in [1.54, 1.807) is 0 Å². The monoisotopic (exact) mass is 629 g/mol. The zero-order chi connectivity index (χ0) is 32.9. The molecule has 228 valence electrons. The maximum Gasteiger partial charge on any atom is 0.0992 e. The van der Waals surface area contributed by atoms with E-state index < -0.39 is 0 Å². The molecule has 1 nitrogen and oxygen atoms in total. The first-order valence-corrected chi connectivity index (χ1v) is 17.1. The van der Waals surface area contributed by atoms with Gasteiger partial charge in [0.1, 0.15) is 0 Å². The molecule has 0 radical (unpaired) electrons. The predicted molar refractivity (Wildman–Crippen MR) is 209 cm³/mol. The van der Waals surface area contributed by atoms with E-state index in [1.165, 1.54) is 88.0 Å². The van der Waals surface area contributed by atoms with E-state index in [0.29, 0.717) is 5.56 Å². The van der Waals surface area contributed by atoms with Gasteiger partial charge in [-0.1, -0.05) is 133 Å². The van der Waals surface area contributed by atoms with Gasteiger partial charge >= 0.3 is 0 Å². The molecule has 0 spiro atoms. The molecule has 11 rings (SSSR count). The van der Waals surface area contributed by atoms with Gasteiger partial charge in [-0.05, 0) is 141 Å². The Labute approximate surface area is 290 Å². The summed E-state index contributed by atoms with van der Waals surface area (Å²) in [6.45, 7) is 0. The van der Waals surface area contributed by atoms with Crippen LogP contribution in [-0.4, -0.2) is 0 Å². The van der Waals surface area contributed by atoms with Crippen LogP contribution in [0.15, 0.2) is 164 Å². The van der Waals surface area contributed by atoms with E-state index in [9.17, 15) is 5.26 Å². The lowest BCUT2D eigenvalue weighted by Gasteiger charge is -2.13. The molecule has 0 atom stereocenters. The average Bonchev–Trinajstić information content (AvgIpc) is 3.69. The van der Waals surface area contributed by atoms with Gasteiger partial charge in [0.05, 0.1) is 11.6 Å². The van der Waals surface area contributed by atoms with E-state index in [1.807, 2.05) is 12.1 Å². The average molecular weight is 630 g/mol. The lowest BCUT2D eigenvalue weighted by molar-refractivity contribution is 1.48. The fraction of sp³-hybridized carbons (Fsp3) is 0. The molecule has 0 amide bonds. The molecule has 9 aromatic rings. The summed E-state index contributed by atoms with van der Waals surface area (Å²) in [6.07, 6.45) is 0. The van der Waals surface area contributed by atoms with Crippen LogP contribution in [0.2, 0.25) is 0 Å². The second kappa shape index (κ2) is 10.1. The maximum atomic E-state index is 10.1. The summed E-state index contributed by atoms with van der Waals surface area (Å²) in [5, 5.41) is 17.7. The van der Waals surface area contributed by atoms with Crippen molar-refractivity contribution < 1.29 is 0 Å². The Kier molecular flexibility index (Phi) is 5.52. The summed E-state index contributed by atoms with van der Waals surface area (Å²) in [6, 6.07) is 61.9. The highest BCUT2D eigenvalue weighted by molar-refractivity contribution is 6.20. The highest BCUT2D eigenvalue weighted by Crippen LogP contribution is 2.51. The Hall–Kier alpha value is -6.75. The van der Waals surface area contributed by atoms with Gasteiger partial charge < -0.3 is 0 Å². The smallest absolute Gasteiger partial charge is 0.0992 e. The van der Waals surface area contributed by atoms with Crippen LogP contribution in [0, 0.1) is 11.3 Å². The van der Waals surface area contributed by atoms with Crippen LogP contribution in [0.3, 0.4) is 0 Å². The third-order valence-electron chi connectivity index (χ3n) is 11.0. The third-order valence-corrected chi connectivity index (χ3v) is 11.0. The van der Waals surface area contributed by atoms with Gasteiger partial charge in [0.25, 0.3) is 0 Å². The first-order chi connectivity index (χ1) is 24.7. The predicted octanol–water partition coefficient (Wildman–Crippen LogP) is 13.3. The van der Waals surface area contributed by atoms with Crippen LogP contribution in [0.1, 0.15) is 5.56 Å². The second-order valence-electron chi connectivity index (χ2n) is 13.6. The Morgan fingerprint density at radius 1 is 0.300 bits per heavy atom. The summed E-state index contributed by atoms with van der Waals surface area (Å²) in [5.41, 5.74) is 17.9. The van der Waals surface area contributed by atoms with Crippen molar-refractivity contribution in [1.82, 2.24) is 0 Å². The van der Waals surface area contributed by atoms with Crippen LogP contribution in [0.4, 0.5) is 0 Å². The van der Waals surface area contributed by atoms with Crippen molar-refractivity contribution in [2.75, 3.05) is 0 Å². The fourth-order valence-corrected chi connectivity index (χ4v) is 8.73. The molecule has 9 aromatic carbocycles. The first-order valence-electron chi connectivity index (χ1n) is 17.1. The third kappa shape index (κ3) is 3.76. The highest BCUT2D eigenvalue weighted by atomic mass is 14.3. The molecule has 0 aliphatic heterocycles. The number of nitrogens with zero attached hydrogens (tertiary/aromatic N) is 1. The number of hydrogen-bond acceptors (Lipinski definition) is 1. The molecular weight excluding hydrogens is 603 g/mol. The Morgan fingerprint density at radius 3 is 1.30 bits per heavy atom. The molecule has 0 bridgehead atoms. The van der Waals surface area contributed by atoms with Crippen molar-refractivity contribution in [3.05, 3.63) is 169 Å². The normalized spacial score (nSPS) is 12.0. The molecule has 0 saturated heterocycles. The molecule has 2 aliphatic carbocycles. The van der Waals surface area contributed by atoms with Crippen molar-refractivity contribution in [3.8, 4) is 84.0 Å². The first kappa shape index (κ1) is 27.2. The van der Waals surface area contributed by atoms with E-state index in [2.05, 4.69) is 158 Å². The minimum atomic E-state index is 0.661. The van der Waals surface area contributed by atoms with Gasteiger partial charge in [-0.15, -0.1) is 0 Å². The zero-order valence-corrected chi connectivity index (χ0v) is 27.0. The number of rotatable bonds is 3. The van der Waals surface area contributed by atoms with Crippen molar-refractivity contribution >= 4 is 32.3 Å². The van der Waals surface area contributed by atoms with Crippen molar-refractivity contribution in [2.45, 2.75) is 0 Å². The lowest BCUT2D eigenvalue weighted by Crippen LogP contribution is -1.88. The largest absolute Gasteiger partial charge is 0.192 e. The maximum absolute atomic E-state index is 10.1. The van der Waals surface area contributed by atoms with Gasteiger partial charge in [0.15, 0.2) is 0 Å². The van der Waals surface area contributed by atoms with Crippen LogP contribution in [0.25, 0.3) is 110 Å². The number of nitriles is 1. The van der Waals surface area contributed by atoms with E-state index in [4.69, 9.17) is 0 Å². The van der Waals surface area contributed by atoms with Crippen molar-refractivity contribution in [3.63, 3.8) is 0 Å². The Balaban J connectivity index is 1.01. The van der Waals surface area contributed by atoms with Crippen LogP contribution >= 0.6 is 0 Å². The van der Waals surface area contributed by atoms with E-state index >= 15 is 0 Å². The molecule has 0 saturated carbocycles. The molecule has 1 heteroatoms. The van der Waals surface area contributed by atoms with Gasteiger partial charge in [0, 0.05) is 0 Å². The van der Waals surface area contributed by atoms with Crippen LogP contribution < -0.4 is 0 Å². The van der Waals surface area contributed by atoms with Gasteiger partial charge in [-0.2, -0.15) is 5.26 Å². The molecule has 0 fully saturated rings. The molecule has 50 heavy (non-hydrogen) atoms. The Bertz CT molecular complexity index is 2930. The summed E-state index contributed by atoms with van der Waals surface area (Å²) >= 11 is 0. The molecular formula is C49H27N. The lowest BCUT2D eigenvalue weighted by atomic mass is 9.90. The van der Waals surface area contributed by atoms with Crippen LogP contribution in [-0.2, 0) is 0 Å². The summed E-state index contributed by atoms with van der Waals surface area (Å²) in [4.78, 5) is 0. The van der Waals surface area contributed by atoms with Gasteiger partial charge in [-0.3, -0.25) is 0 Å². The summed E-state index contributed by atoms with van der Waals surface area (Å²) < 4.78 is 0. The number of fused-ring (bicyclic) bond motifs is 7. The minimum Gasteiger partial charge on any atom is -0.192 e.